The van der Waals surface area contributed by atoms with Gasteiger partial charge >= 0.3 is 0 Å². The van der Waals surface area contributed by atoms with E-state index in [9.17, 15) is 9.59 Å². The number of ether oxygens (including phenoxy) is 3. The maximum absolute atomic E-state index is 12.5. The first-order valence-electron chi connectivity index (χ1n) is 8.55. The first kappa shape index (κ1) is 17.5. The van der Waals surface area contributed by atoms with Gasteiger partial charge in [0.25, 0.3) is 0 Å². The second kappa shape index (κ2) is 7.74. The molecule has 1 fully saturated rings. The Balaban J connectivity index is 1.58. The highest BCUT2D eigenvalue weighted by atomic mass is 16.6. The number of hydrogen-bond acceptors (Lipinski definition) is 5. The number of nitrogens with one attached hydrogen (secondary N) is 1. The number of amides is 2. The number of methoxy groups -OCH3 is 1. The Morgan fingerprint density at radius 2 is 2.12 bits per heavy atom. The van der Waals surface area contributed by atoms with Crippen LogP contribution in [0.4, 0.5) is 0 Å². The van der Waals surface area contributed by atoms with Gasteiger partial charge in [-0.15, -0.1) is 0 Å². The first-order valence-corrected chi connectivity index (χ1v) is 8.55. The lowest BCUT2D eigenvalue weighted by molar-refractivity contribution is -0.129. The molecule has 0 aliphatic carbocycles. The van der Waals surface area contributed by atoms with Crippen LogP contribution < -0.4 is 14.8 Å². The van der Waals surface area contributed by atoms with Gasteiger partial charge in [0.15, 0.2) is 11.5 Å². The van der Waals surface area contributed by atoms with Crippen LogP contribution >= 0.6 is 0 Å². The van der Waals surface area contributed by atoms with E-state index < -0.39 is 0 Å². The molecule has 136 valence electrons. The summed E-state index contributed by atoms with van der Waals surface area (Å²) < 4.78 is 16.1. The lowest BCUT2D eigenvalue weighted by Crippen LogP contribution is -2.35. The van der Waals surface area contributed by atoms with Gasteiger partial charge in [-0.2, -0.15) is 0 Å². The third-order valence-electron chi connectivity index (χ3n) is 4.58. The van der Waals surface area contributed by atoms with E-state index in [1.165, 1.54) is 0 Å². The molecule has 25 heavy (non-hydrogen) atoms. The lowest BCUT2D eigenvalue weighted by atomic mass is 10.0. The number of rotatable bonds is 6. The molecular formula is C18H24N2O5. The monoisotopic (exact) mass is 348 g/mol. The second-order valence-electron chi connectivity index (χ2n) is 6.37. The number of carbonyl (C=O) groups is 2. The van der Waals surface area contributed by atoms with E-state index >= 15 is 0 Å². The quantitative estimate of drug-likeness (QED) is 0.834. The van der Waals surface area contributed by atoms with E-state index in [2.05, 4.69) is 5.32 Å². The zero-order chi connectivity index (χ0) is 17.8. The topological polar surface area (TPSA) is 77.1 Å². The maximum Gasteiger partial charge on any atom is 0.225 e. The Kier molecular flexibility index (Phi) is 5.43. The molecule has 2 aliphatic heterocycles. The van der Waals surface area contributed by atoms with Crippen molar-refractivity contribution in [2.75, 3.05) is 40.0 Å². The third kappa shape index (κ3) is 4.04. The highest BCUT2D eigenvalue weighted by molar-refractivity contribution is 5.89. The molecule has 7 nitrogen and oxygen atoms in total. The van der Waals surface area contributed by atoms with Crippen LogP contribution in [0.5, 0.6) is 11.5 Å². The van der Waals surface area contributed by atoms with Crippen LogP contribution in [-0.2, 0) is 14.3 Å². The van der Waals surface area contributed by atoms with Crippen LogP contribution in [0, 0.1) is 5.92 Å². The van der Waals surface area contributed by atoms with Crippen molar-refractivity contribution in [2.45, 2.75) is 19.4 Å². The normalized spacial score (nSPS) is 20.5. The van der Waals surface area contributed by atoms with Crippen molar-refractivity contribution < 1.29 is 23.8 Å². The summed E-state index contributed by atoms with van der Waals surface area (Å²) in [4.78, 5) is 26.2. The fraction of sp³-hybridized carbons (Fsp3) is 0.556. The molecule has 0 spiro atoms. The fourth-order valence-electron chi connectivity index (χ4n) is 3.11. The molecule has 2 heterocycles. The van der Waals surface area contributed by atoms with Crippen molar-refractivity contribution in [1.82, 2.24) is 10.2 Å². The van der Waals surface area contributed by atoms with Crippen LogP contribution in [0.1, 0.15) is 24.9 Å². The van der Waals surface area contributed by atoms with Gasteiger partial charge < -0.3 is 24.4 Å². The molecular weight excluding hydrogens is 324 g/mol. The summed E-state index contributed by atoms with van der Waals surface area (Å²) in [5.41, 5.74) is 0.943. The molecule has 2 atom stereocenters. The van der Waals surface area contributed by atoms with Crippen molar-refractivity contribution >= 4 is 11.8 Å². The summed E-state index contributed by atoms with van der Waals surface area (Å²) in [6.45, 7) is 4.45. The molecule has 0 saturated carbocycles. The first-order chi connectivity index (χ1) is 12.1. The average molecular weight is 348 g/mol. The Hall–Kier alpha value is -2.28. The van der Waals surface area contributed by atoms with Crippen LogP contribution in [0.25, 0.3) is 0 Å². The third-order valence-corrected chi connectivity index (χ3v) is 4.58. The van der Waals surface area contributed by atoms with Crippen LogP contribution in [-0.4, -0.2) is 56.7 Å². The number of carbonyl (C=O) groups excluding carboxylic acids is 2. The van der Waals surface area contributed by atoms with E-state index in [1.807, 2.05) is 25.1 Å². The Morgan fingerprint density at radius 3 is 2.88 bits per heavy atom. The van der Waals surface area contributed by atoms with E-state index in [-0.39, 0.29) is 30.2 Å². The van der Waals surface area contributed by atoms with Gasteiger partial charge in [-0.3, -0.25) is 9.59 Å². The van der Waals surface area contributed by atoms with E-state index in [0.717, 1.165) is 11.3 Å². The van der Waals surface area contributed by atoms with Gasteiger partial charge in [-0.1, -0.05) is 6.07 Å². The molecule has 0 unspecified atom stereocenters. The van der Waals surface area contributed by atoms with Crippen LogP contribution in [0.2, 0.25) is 0 Å². The molecule has 1 aromatic rings. The van der Waals surface area contributed by atoms with Crippen molar-refractivity contribution in [3.63, 3.8) is 0 Å². The molecule has 1 N–H and O–H groups in total. The maximum atomic E-state index is 12.5. The molecule has 7 heteroatoms. The van der Waals surface area contributed by atoms with E-state index in [1.54, 1.807) is 12.0 Å². The standard InChI is InChI=1S/C18H24N2O5/c1-12(13-3-4-15-16(9-13)25-8-7-24-15)19-18(22)14-10-17(21)20(11-14)5-6-23-2/h3-4,9,12,14H,5-8,10-11H2,1-2H3,(H,19,22)/t12-,14-/m0/s1. The summed E-state index contributed by atoms with van der Waals surface area (Å²) in [5, 5.41) is 3.00. The van der Waals surface area contributed by atoms with Gasteiger partial charge in [-0.25, -0.2) is 0 Å². The minimum atomic E-state index is -0.316. The zero-order valence-electron chi connectivity index (χ0n) is 14.6. The van der Waals surface area contributed by atoms with Crippen molar-refractivity contribution in [3.05, 3.63) is 23.8 Å². The van der Waals surface area contributed by atoms with Gasteiger partial charge in [0.1, 0.15) is 13.2 Å². The molecule has 2 amide bonds. The van der Waals surface area contributed by atoms with Crippen molar-refractivity contribution in [2.24, 2.45) is 5.92 Å². The van der Waals surface area contributed by atoms with Crippen molar-refractivity contribution in [1.29, 1.82) is 0 Å². The van der Waals surface area contributed by atoms with Crippen molar-refractivity contribution in [3.8, 4) is 11.5 Å². The summed E-state index contributed by atoms with van der Waals surface area (Å²) in [6, 6.07) is 5.50. The molecule has 3 rings (SSSR count). The molecule has 1 saturated heterocycles. The Labute approximate surface area is 147 Å². The molecule has 0 aromatic heterocycles. The SMILES string of the molecule is COCCN1C[C@@H](C(=O)N[C@@H](C)c2ccc3c(c2)OCCO3)CC1=O. The number of fused-ring (bicyclic) bond motifs is 1. The molecule has 2 aliphatic rings. The van der Waals surface area contributed by atoms with Gasteiger partial charge in [-0.05, 0) is 24.6 Å². The number of likely N-dealkylation sites (tertiary alicyclic amines) is 1. The lowest BCUT2D eigenvalue weighted by Gasteiger charge is -2.22. The summed E-state index contributed by atoms with van der Waals surface area (Å²) in [5.74, 6) is 1.01. The van der Waals surface area contributed by atoms with Gasteiger partial charge in [0.2, 0.25) is 11.8 Å². The minimum absolute atomic E-state index is 0.00387. The summed E-state index contributed by atoms with van der Waals surface area (Å²) in [6.07, 6.45) is 0.253. The van der Waals surface area contributed by atoms with Crippen LogP contribution in [0.3, 0.4) is 0 Å². The fourth-order valence-corrected chi connectivity index (χ4v) is 3.11. The largest absolute Gasteiger partial charge is 0.486 e. The minimum Gasteiger partial charge on any atom is -0.486 e. The predicted molar refractivity (Wildman–Crippen MR) is 90.6 cm³/mol. The molecule has 1 aromatic carbocycles. The Bertz CT molecular complexity index is 648. The number of benzene rings is 1. The van der Waals surface area contributed by atoms with Gasteiger partial charge in [0.05, 0.1) is 18.6 Å². The highest BCUT2D eigenvalue weighted by Gasteiger charge is 2.34. The molecule has 0 radical (unpaired) electrons. The van der Waals surface area contributed by atoms with Crippen LogP contribution in [0.15, 0.2) is 18.2 Å². The smallest absolute Gasteiger partial charge is 0.225 e. The van der Waals surface area contributed by atoms with E-state index in [0.29, 0.717) is 38.7 Å². The summed E-state index contributed by atoms with van der Waals surface area (Å²) in [7, 11) is 1.60. The Morgan fingerprint density at radius 1 is 1.36 bits per heavy atom. The summed E-state index contributed by atoms with van der Waals surface area (Å²) >= 11 is 0. The second-order valence-corrected chi connectivity index (χ2v) is 6.37. The zero-order valence-corrected chi connectivity index (χ0v) is 14.6. The number of nitrogens with zero attached hydrogens (tertiary/aromatic N) is 1. The predicted octanol–water partition coefficient (Wildman–Crippen LogP) is 1.13. The van der Waals surface area contributed by atoms with Gasteiger partial charge in [0, 0.05) is 26.6 Å². The highest BCUT2D eigenvalue weighted by Crippen LogP contribution is 2.32. The number of hydrogen-bond donors (Lipinski definition) is 1. The van der Waals surface area contributed by atoms with E-state index in [4.69, 9.17) is 14.2 Å². The average Bonchev–Trinajstić information content (AvgIpc) is 3.00. The molecule has 0 bridgehead atoms.